The van der Waals surface area contributed by atoms with Gasteiger partial charge in [-0.15, -0.1) is 0 Å². The number of esters is 1. The summed E-state index contributed by atoms with van der Waals surface area (Å²) in [6.07, 6.45) is 3.37. The molecule has 0 aromatic carbocycles. The van der Waals surface area contributed by atoms with Crippen molar-refractivity contribution in [3.63, 3.8) is 0 Å². The predicted molar refractivity (Wildman–Crippen MR) is 56.2 cm³/mol. The minimum absolute atomic E-state index is 0.325. The van der Waals surface area contributed by atoms with Gasteiger partial charge in [-0.1, -0.05) is 17.9 Å². The van der Waals surface area contributed by atoms with Gasteiger partial charge in [-0.2, -0.15) is 0 Å². The number of allylic oxidation sites excluding steroid dienone is 3. The maximum Gasteiger partial charge on any atom is 0.345 e. The Hall–Kier alpha value is -1.01. The lowest BCUT2D eigenvalue weighted by Gasteiger charge is -1.92. The van der Waals surface area contributed by atoms with Gasteiger partial charge in [0.1, 0.15) is 4.48 Å². The number of methoxy groups -OCH3 is 1. The topological polar surface area (TPSA) is 26.3 Å². The van der Waals surface area contributed by atoms with Crippen LogP contribution in [0.5, 0.6) is 0 Å². The first-order valence-electron chi connectivity index (χ1n) is 3.70. The lowest BCUT2D eigenvalue weighted by Crippen LogP contribution is -1.98. The Morgan fingerprint density at radius 2 is 2.15 bits per heavy atom. The van der Waals surface area contributed by atoms with E-state index in [0.29, 0.717) is 4.48 Å². The van der Waals surface area contributed by atoms with Crippen LogP contribution in [-0.4, -0.2) is 13.1 Å². The van der Waals surface area contributed by atoms with Crippen molar-refractivity contribution in [3.05, 3.63) is 22.2 Å². The second kappa shape index (κ2) is 6.50. The van der Waals surface area contributed by atoms with Gasteiger partial charge in [0.05, 0.1) is 7.11 Å². The number of carbonyl (C=O) groups is 1. The summed E-state index contributed by atoms with van der Waals surface area (Å²) in [6, 6.07) is 0. The number of halogens is 1. The summed E-state index contributed by atoms with van der Waals surface area (Å²) in [6.45, 7) is 3.80. The van der Waals surface area contributed by atoms with Gasteiger partial charge in [0, 0.05) is 6.08 Å². The highest BCUT2D eigenvalue weighted by Crippen LogP contribution is 2.05. The van der Waals surface area contributed by atoms with Crippen molar-refractivity contribution in [2.75, 3.05) is 7.11 Å². The zero-order chi connectivity index (χ0) is 10.3. The van der Waals surface area contributed by atoms with Crippen molar-refractivity contribution in [1.82, 2.24) is 0 Å². The van der Waals surface area contributed by atoms with Crippen molar-refractivity contribution >= 4 is 21.9 Å². The molecule has 0 fully saturated rings. The molecule has 0 aliphatic carbocycles. The molecule has 0 unspecified atom stereocenters. The maximum absolute atomic E-state index is 10.8. The van der Waals surface area contributed by atoms with E-state index in [1.54, 1.807) is 0 Å². The third kappa shape index (κ3) is 5.26. The zero-order valence-corrected chi connectivity index (χ0v) is 9.44. The largest absolute Gasteiger partial charge is 0.465 e. The van der Waals surface area contributed by atoms with Crippen LogP contribution in [0.25, 0.3) is 0 Å². The molecule has 0 atom stereocenters. The summed E-state index contributed by atoms with van der Waals surface area (Å²) >= 11 is 3.04. The third-order valence-electron chi connectivity index (χ3n) is 1.28. The van der Waals surface area contributed by atoms with Crippen LogP contribution in [0.2, 0.25) is 0 Å². The molecule has 0 amide bonds. The normalized spacial score (nSPS) is 11.7. The summed E-state index contributed by atoms with van der Waals surface area (Å²) in [5.74, 6) is 5.14. The van der Waals surface area contributed by atoms with E-state index >= 15 is 0 Å². The molecule has 2 nitrogen and oxygen atoms in total. The van der Waals surface area contributed by atoms with Crippen LogP contribution in [0, 0.1) is 11.8 Å². The molecule has 0 N–H and O–H groups in total. The Kier molecular flexibility index (Phi) is 5.99. The number of rotatable bonds is 1. The van der Waals surface area contributed by atoms with Crippen LogP contribution in [0.1, 0.15) is 13.8 Å². The molecule has 0 aromatic rings. The van der Waals surface area contributed by atoms with E-state index in [1.165, 1.54) is 13.2 Å². The smallest absolute Gasteiger partial charge is 0.345 e. The SMILES string of the molecule is C/C=C(/C)C#C/C=C(/Br)C(=O)OC. The van der Waals surface area contributed by atoms with E-state index < -0.39 is 5.97 Å². The Bertz CT molecular complexity index is 303. The number of hydrogen-bond donors (Lipinski definition) is 0. The molecule has 0 saturated heterocycles. The highest BCUT2D eigenvalue weighted by atomic mass is 79.9. The Morgan fingerprint density at radius 1 is 1.54 bits per heavy atom. The number of hydrogen-bond acceptors (Lipinski definition) is 2. The van der Waals surface area contributed by atoms with Crippen LogP contribution in [0.3, 0.4) is 0 Å². The molecule has 70 valence electrons. The lowest BCUT2D eigenvalue weighted by atomic mass is 10.3. The van der Waals surface area contributed by atoms with Gasteiger partial charge in [0.15, 0.2) is 0 Å². The Morgan fingerprint density at radius 3 is 2.62 bits per heavy atom. The first kappa shape index (κ1) is 12.0. The monoisotopic (exact) mass is 242 g/mol. The van der Waals surface area contributed by atoms with Gasteiger partial charge in [0.25, 0.3) is 0 Å². The molecular formula is C10H11BrO2. The van der Waals surface area contributed by atoms with Gasteiger partial charge in [-0.3, -0.25) is 0 Å². The molecule has 3 heteroatoms. The van der Waals surface area contributed by atoms with Crippen molar-refractivity contribution < 1.29 is 9.53 Å². The van der Waals surface area contributed by atoms with Crippen LogP contribution in [-0.2, 0) is 9.53 Å². The average molecular weight is 243 g/mol. The van der Waals surface area contributed by atoms with Crippen molar-refractivity contribution in [2.24, 2.45) is 0 Å². The van der Waals surface area contributed by atoms with Gasteiger partial charge >= 0.3 is 5.97 Å². The maximum atomic E-state index is 10.8. The van der Waals surface area contributed by atoms with Gasteiger partial charge < -0.3 is 4.74 Å². The second-order valence-corrected chi connectivity index (χ2v) is 3.08. The zero-order valence-electron chi connectivity index (χ0n) is 7.85. The second-order valence-electron chi connectivity index (χ2n) is 2.22. The van der Waals surface area contributed by atoms with Crippen molar-refractivity contribution in [3.8, 4) is 11.8 Å². The minimum Gasteiger partial charge on any atom is -0.465 e. The van der Waals surface area contributed by atoms with E-state index in [9.17, 15) is 4.79 Å². The molecular weight excluding hydrogens is 232 g/mol. The predicted octanol–water partition coefficient (Wildman–Crippen LogP) is 2.41. The molecule has 0 heterocycles. The molecule has 0 spiro atoms. The number of ether oxygens (including phenoxy) is 1. The highest BCUT2D eigenvalue weighted by molar-refractivity contribution is 9.12. The van der Waals surface area contributed by atoms with E-state index in [1.807, 2.05) is 19.9 Å². The fourth-order valence-electron chi connectivity index (χ4n) is 0.442. The third-order valence-corrected chi connectivity index (χ3v) is 1.83. The minimum atomic E-state index is -0.424. The van der Waals surface area contributed by atoms with E-state index in [0.717, 1.165) is 5.57 Å². The first-order valence-corrected chi connectivity index (χ1v) is 4.49. The highest BCUT2D eigenvalue weighted by Gasteiger charge is 2.02. The van der Waals surface area contributed by atoms with Gasteiger partial charge in [-0.25, -0.2) is 4.79 Å². The lowest BCUT2D eigenvalue weighted by molar-refractivity contribution is -0.135. The molecule has 0 radical (unpaired) electrons. The fourth-order valence-corrected chi connectivity index (χ4v) is 0.718. The fraction of sp³-hybridized carbons (Fsp3) is 0.300. The molecule has 0 aliphatic rings. The molecule has 0 rings (SSSR count). The van der Waals surface area contributed by atoms with Crippen LogP contribution in [0.15, 0.2) is 22.2 Å². The summed E-state index contributed by atoms with van der Waals surface area (Å²) < 4.78 is 4.78. The molecule has 0 saturated carbocycles. The molecule has 0 bridgehead atoms. The standard InChI is InChI=1S/C10H11BrO2/c1-4-8(2)6-5-7-9(11)10(12)13-3/h4,7H,1-3H3/b8-4-,9-7+. The first-order chi connectivity index (χ1) is 6.11. The average Bonchev–Trinajstić information content (AvgIpc) is 2.15. The van der Waals surface area contributed by atoms with Crippen LogP contribution < -0.4 is 0 Å². The molecule has 0 aliphatic heterocycles. The molecule has 0 aromatic heterocycles. The summed E-state index contributed by atoms with van der Waals surface area (Å²) in [7, 11) is 1.32. The van der Waals surface area contributed by atoms with Gasteiger partial charge in [0.2, 0.25) is 0 Å². The summed E-state index contributed by atoms with van der Waals surface area (Å²) in [5, 5.41) is 0. The van der Waals surface area contributed by atoms with E-state index in [2.05, 4.69) is 32.5 Å². The van der Waals surface area contributed by atoms with Crippen molar-refractivity contribution in [1.29, 1.82) is 0 Å². The number of carbonyl (C=O) groups excluding carboxylic acids is 1. The quantitative estimate of drug-likeness (QED) is 0.401. The summed E-state index contributed by atoms with van der Waals surface area (Å²) in [5.41, 5.74) is 0.960. The van der Waals surface area contributed by atoms with E-state index in [-0.39, 0.29) is 0 Å². The van der Waals surface area contributed by atoms with E-state index in [4.69, 9.17) is 0 Å². The van der Waals surface area contributed by atoms with Crippen LogP contribution >= 0.6 is 15.9 Å². The Labute approximate surface area is 86.8 Å². The molecule has 13 heavy (non-hydrogen) atoms. The summed E-state index contributed by atoms with van der Waals surface area (Å²) in [4.78, 5) is 10.8. The Balaban J connectivity index is 4.40. The van der Waals surface area contributed by atoms with Crippen molar-refractivity contribution in [2.45, 2.75) is 13.8 Å². The van der Waals surface area contributed by atoms with Gasteiger partial charge in [-0.05, 0) is 35.4 Å². The van der Waals surface area contributed by atoms with Crippen LogP contribution in [0.4, 0.5) is 0 Å².